The Morgan fingerprint density at radius 2 is 1.78 bits per heavy atom. The van der Waals surface area contributed by atoms with Crippen molar-refractivity contribution < 1.29 is 61.2 Å². The first-order chi connectivity index (χ1) is 23.6. The average molecular weight is 727 g/mol. The van der Waals surface area contributed by atoms with E-state index in [9.17, 15) is 29.0 Å². The topological polar surface area (TPSA) is 251 Å². The van der Waals surface area contributed by atoms with Gasteiger partial charge in [0.1, 0.15) is 30.1 Å². The quantitative estimate of drug-likeness (QED) is 0.103. The number of aromatic nitrogens is 3. The number of nitrogens with zero attached hydrogens (tertiary/aromatic N) is 4. The summed E-state index contributed by atoms with van der Waals surface area (Å²) in [5, 5.41) is 17.2. The molecule has 6 atom stereocenters. The van der Waals surface area contributed by atoms with E-state index in [0.29, 0.717) is 0 Å². The van der Waals surface area contributed by atoms with E-state index >= 15 is 0 Å². The minimum Gasteiger partial charge on any atom is -0.464 e. The van der Waals surface area contributed by atoms with Crippen LogP contribution in [-0.4, -0.2) is 89.1 Å². The first-order valence-corrected chi connectivity index (χ1v) is 17.3. The van der Waals surface area contributed by atoms with Crippen molar-refractivity contribution in [2.75, 3.05) is 25.7 Å². The lowest BCUT2D eigenvalue weighted by Crippen LogP contribution is -2.45. The van der Waals surface area contributed by atoms with Crippen LogP contribution in [0.4, 0.5) is 10.6 Å². The number of esters is 3. The number of hydrogen-bond acceptors (Lipinski definition) is 17. The van der Waals surface area contributed by atoms with Crippen molar-refractivity contribution in [3.8, 4) is 6.07 Å². The third-order valence-corrected chi connectivity index (χ3v) is 9.13. The maximum atomic E-state index is 14.1. The fourth-order valence-corrected chi connectivity index (χ4v) is 6.30. The van der Waals surface area contributed by atoms with Gasteiger partial charge in [0, 0.05) is 13.8 Å². The Morgan fingerprint density at radius 1 is 1.10 bits per heavy atom. The van der Waals surface area contributed by atoms with Gasteiger partial charge in [-0.1, -0.05) is 26.7 Å². The molecule has 1 fully saturated rings. The van der Waals surface area contributed by atoms with E-state index < -0.39 is 81.3 Å². The molecule has 3 rings (SSSR count). The minimum absolute atomic E-state index is 0.0263. The van der Waals surface area contributed by atoms with Crippen molar-refractivity contribution in [1.82, 2.24) is 19.7 Å². The molecule has 0 spiro atoms. The van der Waals surface area contributed by atoms with E-state index in [1.54, 1.807) is 13.8 Å². The van der Waals surface area contributed by atoms with Gasteiger partial charge < -0.3 is 34.2 Å². The van der Waals surface area contributed by atoms with Gasteiger partial charge in [0.2, 0.25) is 12.4 Å². The highest BCUT2D eigenvalue weighted by atomic mass is 31.2. The highest BCUT2D eigenvalue weighted by molar-refractivity contribution is 7.51. The van der Waals surface area contributed by atoms with Gasteiger partial charge in [-0.15, -0.1) is 0 Å². The molecule has 0 bridgehead atoms. The van der Waals surface area contributed by atoms with E-state index in [-0.39, 0.29) is 29.6 Å². The third kappa shape index (κ3) is 9.88. The molecule has 0 amide bonds. The fraction of sp³-hybridized carbons (Fsp3) is 0.633. The first-order valence-electron chi connectivity index (χ1n) is 15.8. The molecule has 2 aromatic heterocycles. The number of nitriles is 1. The van der Waals surface area contributed by atoms with Crippen LogP contribution < -0.4 is 10.8 Å². The SMILES string of the molecule is CCC(CC)COC(=O)[C@H](C)N[P@@](=O)(OCOC(=O)OC(C)C)OC[C@H]1O[C@@](C#N)(c2ccc3c(N)ncnn23)[C@H](OC(C)=O)[C@@H]1OC(C)=O. The first kappa shape index (κ1) is 40.1. The molecule has 276 valence electrons. The molecule has 3 N–H and O–H groups in total. The summed E-state index contributed by atoms with van der Waals surface area (Å²) >= 11 is 0. The highest BCUT2D eigenvalue weighted by Crippen LogP contribution is 2.48. The van der Waals surface area contributed by atoms with E-state index in [2.05, 4.69) is 15.2 Å². The Labute approximate surface area is 288 Å². The van der Waals surface area contributed by atoms with Crippen molar-refractivity contribution in [1.29, 1.82) is 5.26 Å². The Kier molecular flexibility index (Phi) is 14.1. The predicted octanol–water partition coefficient (Wildman–Crippen LogP) is 2.91. The smallest absolute Gasteiger partial charge is 0.464 e. The maximum absolute atomic E-state index is 14.1. The second-order valence-electron chi connectivity index (χ2n) is 11.5. The van der Waals surface area contributed by atoms with Crippen molar-refractivity contribution in [3.63, 3.8) is 0 Å². The monoisotopic (exact) mass is 726 g/mol. The lowest BCUT2D eigenvalue weighted by atomic mass is 9.92. The summed E-state index contributed by atoms with van der Waals surface area (Å²) in [5.41, 5.74) is 4.10. The summed E-state index contributed by atoms with van der Waals surface area (Å²) < 4.78 is 58.5. The number of ether oxygens (including phenoxy) is 6. The third-order valence-electron chi connectivity index (χ3n) is 7.49. The summed E-state index contributed by atoms with van der Waals surface area (Å²) in [4.78, 5) is 53.3. The van der Waals surface area contributed by atoms with Crippen molar-refractivity contribution in [2.45, 2.75) is 97.4 Å². The number of nitrogens with one attached hydrogen (secondary N) is 1. The van der Waals surface area contributed by atoms with Crippen LogP contribution in [-0.2, 0) is 62.0 Å². The van der Waals surface area contributed by atoms with Crippen LogP contribution in [0.1, 0.15) is 67.0 Å². The van der Waals surface area contributed by atoms with Crippen LogP contribution >= 0.6 is 7.75 Å². The largest absolute Gasteiger partial charge is 0.510 e. The van der Waals surface area contributed by atoms with Crippen molar-refractivity contribution in [2.24, 2.45) is 5.92 Å². The fourth-order valence-electron chi connectivity index (χ4n) is 4.97. The zero-order valence-electron chi connectivity index (χ0n) is 28.9. The van der Waals surface area contributed by atoms with Crippen LogP contribution in [0.5, 0.6) is 0 Å². The number of carbonyl (C=O) groups excluding carboxylic acids is 4. The van der Waals surface area contributed by atoms with E-state index in [1.807, 2.05) is 19.9 Å². The van der Waals surface area contributed by atoms with Gasteiger partial charge in [-0.05, 0) is 38.8 Å². The molecule has 0 radical (unpaired) electrons. The lowest BCUT2D eigenvalue weighted by molar-refractivity contribution is -0.166. The van der Waals surface area contributed by atoms with Crippen LogP contribution in [0.25, 0.3) is 5.52 Å². The van der Waals surface area contributed by atoms with Crippen LogP contribution in [0.2, 0.25) is 0 Å². The second-order valence-corrected chi connectivity index (χ2v) is 13.3. The number of nitrogens with two attached hydrogens (primary N) is 1. The molecule has 2 aromatic rings. The van der Waals surface area contributed by atoms with Gasteiger partial charge in [-0.25, -0.2) is 23.9 Å². The molecule has 1 aliphatic rings. The van der Waals surface area contributed by atoms with E-state index in [1.165, 1.54) is 23.6 Å². The Bertz CT molecular complexity index is 1610. The Hall–Kier alpha value is -4.34. The minimum atomic E-state index is -4.63. The molecular weight excluding hydrogens is 683 g/mol. The van der Waals surface area contributed by atoms with Crippen LogP contribution in [0.3, 0.4) is 0 Å². The maximum Gasteiger partial charge on any atom is 0.510 e. The number of anilines is 1. The lowest BCUT2D eigenvalue weighted by Gasteiger charge is -2.28. The molecule has 1 saturated heterocycles. The summed E-state index contributed by atoms with van der Waals surface area (Å²) in [6.45, 7) is 8.98. The zero-order valence-corrected chi connectivity index (χ0v) is 29.7. The molecule has 0 saturated carbocycles. The molecule has 19 nitrogen and oxygen atoms in total. The number of rotatable bonds is 17. The molecule has 3 heterocycles. The molecule has 50 heavy (non-hydrogen) atoms. The molecule has 1 aliphatic heterocycles. The molecule has 0 aromatic carbocycles. The van der Waals surface area contributed by atoms with Gasteiger partial charge in [-0.2, -0.15) is 10.4 Å². The normalized spacial score (nSPS) is 22.0. The van der Waals surface area contributed by atoms with Gasteiger partial charge in [-0.3, -0.25) is 23.4 Å². The van der Waals surface area contributed by atoms with Gasteiger partial charge >= 0.3 is 31.8 Å². The van der Waals surface area contributed by atoms with E-state index in [0.717, 1.165) is 33.0 Å². The van der Waals surface area contributed by atoms with Gasteiger partial charge in [0.15, 0.2) is 18.0 Å². The summed E-state index contributed by atoms with van der Waals surface area (Å²) in [6.07, 6.45) is -3.59. The number of nitrogen functional groups attached to an aromatic ring is 1. The summed E-state index contributed by atoms with van der Waals surface area (Å²) in [5.74, 6) is -2.30. The summed E-state index contributed by atoms with van der Waals surface area (Å²) in [7, 11) is -4.63. The zero-order chi connectivity index (χ0) is 37.2. The number of fused-ring (bicyclic) bond motifs is 1. The predicted molar refractivity (Wildman–Crippen MR) is 171 cm³/mol. The molecule has 0 aliphatic carbocycles. The van der Waals surface area contributed by atoms with Gasteiger partial charge in [0.05, 0.1) is 25.0 Å². The van der Waals surface area contributed by atoms with E-state index in [4.69, 9.17) is 43.2 Å². The van der Waals surface area contributed by atoms with Crippen molar-refractivity contribution >= 4 is 43.1 Å². The molecule has 20 heteroatoms. The number of hydrogen-bond donors (Lipinski definition) is 2. The highest BCUT2D eigenvalue weighted by Gasteiger charge is 2.62. The average Bonchev–Trinajstić information content (AvgIpc) is 3.60. The Balaban J connectivity index is 1.96. The molecule has 0 unspecified atom stereocenters. The molecular formula is C30H43N6O13P. The Morgan fingerprint density at radius 3 is 2.38 bits per heavy atom. The number of carbonyl (C=O) groups is 4. The van der Waals surface area contributed by atoms with Gasteiger partial charge in [0.25, 0.3) is 0 Å². The standard InChI is InChI=1S/C30H43N6O13P/c1-8-21(9-2)12-42-28(39)18(5)35-50(41,45-16-43-29(40)46-17(3)4)44-13-23-25(47-19(6)37)26(48-20(7)38)30(14-31,49-23)24-11-10-22-27(32)33-15-34-36(22)24/h10-11,15,17-18,21,23,25-26H,8-9,12-13,16H2,1-7H3,(H,35,41)(H2,32,33,34)/t18-,23+,25+,26+,30-,50-/m0/s1. The van der Waals surface area contributed by atoms with Crippen molar-refractivity contribution in [3.05, 3.63) is 24.2 Å². The summed E-state index contributed by atoms with van der Waals surface area (Å²) in [6, 6.07) is 3.67. The van der Waals surface area contributed by atoms with Crippen LogP contribution in [0, 0.1) is 17.2 Å². The van der Waals surface area contributed by atoms with Crippen LogP contribution in [0.15, 0.2) is 18.5 Å². The second kappa shape index (κ2) is 17.5.